The quantitative estimate of drug-likeness (QED) is 0.681. The molecular formula is C13H18N2O3. The van der Waals surface area contributed by atoms with Crippen LogP contribution in [0.15, 0.2) is 18.2 Å². The number of phenolic OH excluding ortho intramolecular Hbond substituents is 2. The third kappa shape index (κ3) is 2.13. The average Bonchev–Trinajstić information content (AvgIpc) is 2.73. The Morgan fingerprint density at radius 2 is 2.17 bits per heavy atom. The number of benzene rings is 1. The van der Waals surface area contributed by atoms with E-state index in [0.717, 1.165) is 6.42 Å². The van der Waals surface area contributed by atoms with Gasteiger partial charge in [-0.3, -0.25) is 4.79 Å². The summed E-state index contributed by atoms with van der Waals surface area (Å²) in [4.78, 5) is 14.0. The van der Waals surface area contributed by atoms with E-state index in [-0.39, 0.29) is 23.4 Å². The smallest absolute Gasteiger partial charge is 0.254 e. The van der Waals surface area contributed by atoms with Crippen molar-refractivity contribution in [3.63, 3.8) is 0 Å². The molecule has 1 aromatic rings. The third-order valence-corrected chi connectivity index (χ3v) is 3.61. The third-order valence-electron chi connectivity index (χ3n) is 3.61. The molecule has 1 fully saturated rings. The van der Waals surface area contributed by atoms with Crippen LogP contribution >= 0.6 is 0 Å². The number of carbonyl (C=O) groups excluding carboxylic acids is 1. The van der Waals surface area contributed by atoms with Gasteiger partial charge in [0.1, 0.15) is 0 Å². The molecule has 1 aliphatic heterocycles. The Labute approximate surface area is 106 Å². The lowest BCUT2D eigenvalue weighted by molar-refractivity contribution is 0.0727. The lowest BCUT2D eigenvalue weighted by Gasteiger charge is -2.25. The summed E-state index contributed by atoms with van der Waals surface area (Å²) in [6.07, 6.45) is 0.942. The van der Waals surface area contributed by atoms with Crippen molar-refractivity contribution >= 4 is 5.91 Å². The van der Waals surface area contributed by atoms with Crippen LogP contribution < -0.4 is 5.73 Å². The molecule has 0 spiro atoms. The van der Waals surface area contributed by atoms with Crippen LogP contribution in [0.1, 0.15) is 23.7 Å². The van der Waals surface area contributed by atoms with E-state index in [1.54, 1.807) is 4.90 Å². The van der Waals surface area contributed by atoms with E-state index in [1.807, 2.05) is 0 Å². The molecule has 1 saturated heterocycles. The molecule has 5 heteroatoms. The van der Waals surface area contributed by atoms with Gasteiger partial charge >= 0.3 is 0 Å². The number of nitrogens with zero attached hydrogens (tertiary/aromatic N) is 1. The van der Waals surface area contributed by atoms with Crippen LogP contribution in [0, 0.1) is 5.92 Å². The largest absolute Gasteiger partial charge is 0.504 e. The van der Waals surface area contributed by atoms with Crippen molar-refractivity contribution in [3.05, 3.63) is 23.8 Å². The summed E-state index contributed by atoms with van der Waals surface area (Å²) in [5.74, 6) is -0.260. The fourth-order valence-corrected chi connectivity index (χ4v) is 2.44. The SMILES string of the molecule is CC1CCN(C(=O)c2ccc(O)c(O)c2)C1CN. The summed E-state index contributed by atoms with van der Waals surface area (Å²) in [7, 11) is 0. The van der Waals surface area contributed by atoms with E-state index >= 15 is 0 Å². The van der Waals surface area contributed by atoms with Crippen molar-refractivity contribution in [2.45, 2.75) is 19.4 Å². The lowest BCUT2D eigenvalue weighted by atomic mass is 10.0. The minimum atomic E-state index is -0.280. The number of nitrogens with two attached hydrogens (primary N) is 1. The first-order valence-corrected chi connectivity index (χ1v) is 6.07. The second kappa shape index (κ2) is 4.86. The van der Waals surface area contributed by atoms with Crippen LogP contribution in [-0.4, -0.2) is 40.2 Å². The van der Waals surface area contributed by atoms with Crippen molar-refractivity contribution < 1.29 is 15.0 Å². The Hall–Kier alpha value is -1.75. The summed E-state index contributed by atoms with van der Waals surface area (Å²) in [6, 6.07) is 4.16. The monoisotopic (exact) mass is 250 g/mol. The summed E-state index contributed by atoms with van der Waals surface area (Å²) in [5, 5.41) is 18.7. The van der Waals surface area contributed by atoms with E-state index in [2.05, 4.69) is 6.92 Å². The van der Waals surface area contributed by atoms with Crippen LogP contribution in [0.25, 0.3) is 0 Å². The van der Waals surface area contributed by atoms with Crippen LogP contribution in [0.3, 0.4) is 0 Å². The van der Waals surface area contributed by atoms with Gasteiger partial charge in [0, 0.05) is 24.7 Å². The molecule has 98 valence electrons. The maximum atomic E-state index is 12.3. The predicted octanol–water partition coefficient (Wildman–Crippen LogP) is 0.907. The first-order valence-electron chi connectivity index (χ1n) is 6.07. The number of hydrogen-bond donors (Lipinski definition) is 3. The van der Waals surface area contributed by atoms with Crippen LogP contribution in [-0.2, 0) is 0 Å². The highest BCUT2D eigenvalue weighted by atomic mass is 16.3. The number of rotatable bonds is 2. The fourth-order valence-electron chi connectivity index (χ4n) is 2.44. The van der Waals surface area contributed by atoms with Gasteiger partial charge in [-0.25, -0.2) is 0 Å². The lowest BCUT2D eigenvalue weighted by Crippen LogP contribution is -2.42. The molecule has 4 N–H and O–H groups in total. The number of amides is 1. The topological polar surface area (TPSA) is 86.8 Å². The second-order valence-corrected chi connectivity index (χ2v) is 4.77. The maximum Gasteiger partial charge on any atom is 0.254 e. The molecule has 1 heterocycles. The standard InChI is InChI=1S/C13H18N2O3/c1-8-4-5-15(10(8)7-14)13(18)9-2-3-11(16)12(17)6-9/h2-3,6,8,10,16-17H,4-5,7,14H2,1H3. The van der Waals surface area contributed by atoms with Crippen LogP contribution in [0.5, 0.6) is 11.5 Å². The van der Waals surface area contributed by atoms with Crippen molar-refractivity contribution in [2.24, 2.45) is 11.7 Å². The van der Waals surface area contributed by atoms with E-state index in [4.69, 9.17) is 5.73 Å². The summed E-state index contributed by atoms with van der Waals surface area (Å²) >= 11 is 0. The van der Waals surface area contributed by atoms with E-state index in [0.29, 0.717) is 24.6 Å². The molecule has 1 aromatic carbocycles. The first kappa shape index (κ1) is 12.7. The molecule has 2 atom stereocenters. The maximum absolute atomic E-state index is 12.3. The zero-order valence-corrected chi connectivity index (χ0v) is 10.3. The molecular weight excluding hydrogens is 232 g/mol. The molecule has 18 heavy (non-hydrogen) atoms. The van der Waals surface area contributed by atoms with Crippen molar-refractivity contribution in [1.29, 1.82) is 0 Å². The predicted molar refractivity (Wildman–Crippen MR) is 67.4 cm³/mol. The van der Waals surface area contributed by atoms with Crippen LogP contribution in [0.2, 0.25) is 0 Å². The van der Waals surface area contributed by atoms with E-state index in [9.17, 15) is 15.0 Å². The number of aromatic hydroxyl groups is 2. The normalized spacial score (nSPS) is 23.3. The van der Waals surface area contributed by atoms with Crippen molar-refractivity contribution in [2.75, 3.05) is 13.1 Å². The number of phenols is 2. The minimum Gasteiger partial charge on any atom is -0.504 e. The molecule has 1 aliphatic rings. The van der Waals surface area contributed by atoms with E-state index in [1.165, 1.54) is 18.2 Å². The van der Waals surface area contributed by atoms with Crippen molar-refractivity contribution in [3.8, 4) is 11.5 Å². The van der Waals surface area contributed by atoms with Gasteiger partial charge in [0.25, 0.3) is 5.91 Å². The van der Waals surface area contributed by atoms with E-state index < -0.39 is 0 Å². The molecule has 0 aromatic heterocycles. The molecule has 0 radical (unpaired) electrons. The highest BCUT2D eigenvalue weighted by Gasteiger charge is 2.33. The van der Waals surface area contributed by atoms with Gasteiger partial charge in [0.15, 0.2) is 11.5 Å². The van der Waals surface area contributed by atoms with Gasteiger partial charge in [-0.05, 0) is 30.5 Å². The second-order valence-electron chi connectivity index (χ2n) is 4.77. The summed E-state index contributed by atoms with van der Waals surface area (Å²) in [6.45, 7) is 3.21. The van der Waals surface area contributed by atoms with Gasteiger partial charge in [-0.1, -0.05) is 6.92 Å². The van der Waals surface area contributed by atoms with Crippen LogP contribution in [0.4, 0.5) is 0 Å². The molecule has 2 unspecified atom stereocenters. The van der Waals surface area contributed by atoms with Gasteiger partial charge in [0.2, 0.25) is 0 Å². The highest BCUT2D eigenvalue weighted by Crippen LogP contribution is 2.28. The molecule has 2 rings (SSSR count). The van der Waals surface area contributed by atoms with Gasteiger partial charge in [-0.15, -0.1) is 0 Å². The number of likely N-dealkylation sites (tertiary alicyclic amines) is 1. The Kier molecular flexibility index (Phi) is 3.43. The van der Waals surface area contributed by atoms with Gasteiger partial charge in [0.05, 0.1) is 0 Å². The highest BCUT2D eigenvalue weighted by molar-refractivity contribution is 5.95. The molecule has 1 amide bonds. The van der Waals surface area contributed by atoms with Gasteiger partial charge in [-0.2, -0.15) is 0 Å². The Balaban J connectivity index is 2.23. The first-order chi connectivity index (χ1) is 8.54. The number of carbonyl (C=O) groups is 1. The molecule has 0 saturated carbocycles. The Morgan fingerprint density at radius 3 is 2.78 bits per heavy atom. The molecule has 0 bridgehead atoms. The average molecular weight is 250 g/mol. The Bertz CT molecular complexity index is 462. The number of hydrogen-bond acceptors (Lipinski definition) is 4. The minimum absolute atomic E-state index is 0.0495. The zero-order valence-electron chi connectivity index (χ0n) is 10.3. The Morgan fingerprint density at radius 1 is 1.44 bits per heavy atom. The summed E-state index contributed by atoms with van der Waals surface area (Å²) in [5.41, 5.74) is 6.07. The molecule has 0 aliphatic carbocycles. The van der Waals surface area contributed by atoms with Gasteiger partial charge < -0.3 is 20.8 Å². The fraction of sp³-hybridized carbons (Fsp3) is 0.462. The van der Waals surface area contributed by atoms with Crippen molar-refractivity contribution in [1.82, 2.24) is 4.90 Å². The molecule has 5 nitrogen and oxygen atoms in total. The summed E-state index contributed by atoms with van der Waals surface area (Å²) < 4.78 is 0. The zero-order chi connectivity index (χ0) is 13.3.